The Bertz CT molecular complexity index is 342. The van der Waals surface area contributed by atoms with Crippen LogP contribution in [0, 0.1) is 5.92 Å². The van der Waals surface area contributed by atoms with Crippen LogP contribution in [0.5, 0.6) is 0 Å². The number of thioether (sulfide) groups is 1. The third-order valence-electron chi connectivity index (χ3n) is 2.93. The van der Waals surface area contributed by atoms with Crippen molar-refractivity contribution in [3.63, 3.8) is 0 Å². The van der Waals surface area contributed by atoms with Crippen molar-refractivity contribution in [1.82, 2.24) is 9.78 Å². The zero-order valence-electron chi connectivity index (χ0n) is 8.98. The molecule has 1 aliphatic rings. The first kappa shape index (κ1) is 10.7. The largest absolute Gasteiger partial charge is 0.296 e. The lowest BCUT2D eigenvalue weighted by Crippen LogP contribution is -2.12. The van der Waals surface area contributed by atoms with Gasteiger partial charge in [-0.1, -0.05) is 0 Å². The fraction of sp³-hybridized carbons (Fsp3) is 0.636. The molecule has 0 unspecified atom stereocenters. The average molecular weight is 224 g/mol. The second-order valence-corrected chi connectivity index (χ2v) is 5.29. The lowest BCUT2D eigenvalue weighted by atomic mass is 9.97. The molecule has 2 heterocycles. The monoisotopic (exact) mass is 224 g/mol. The summed E-state index contributed by atoms with van der Waals surface area (Å²) >= 11 is 2.04. The van der Waals surface area contributed by atoms with Crippen LogP contribution >= 0.6 is 11.8 Å². The molecule has 0 saturated carbocycles. The standard InChI is InChI=1S/C11H16N2OS/c1-13-11(8-14)7-10(12-13)6-9-2-4-15-5-3-9/h7-9H,2-6H2,1H3. The van der Waals surface area contributed by atoms with E-state index in [0.717, 1.165) is 24.3 Å². The summed E-state index contributed by atoms with van der Waals surface area (Å²) in [6.07, 6.45) is 4.48. The topological polar surface area (TPSA) is 34.9 Å². The van der Waals surface area contributed by atoms with Gasteiger partial charge in [-0.25, -0.2) is 0 Å². The number of carbonyl (C=O) groups excluding carboxylic acids is 1. The molecule has 0 atom stereocenters. The van der Waals surface area contributed by atoms with Gasteiger partial charge < -0.3 is 0 Å². The first-order valence-electron chi connectivity index (χ1n) is 5.35. The number of hydrogen-bond donors (Lipinski definition) is 0. The van der Waals surface area contributed by atoms with Gasteiger partial charge in [0.15, 0.2) is 6.29 Å². The van der Waals surface area contributed by atoms with Crippen molar-refractivity contribution in [3.8, 4) is 0 Å². The van der Waals surface area contributed by atoms with Gasteiger partial charge in [0.2, 0.25) is 0 Å². The maximum Gasteiger partial charge on any atom is 0.168 e. The fourth-order valence-electron chi connectivity index (χ4n) is 2.00. The summed E-state index contributed by atoms with van der Waals surface area (Å²) in [4.78, 5) is 10.7. The predicted molar refractivity (Wildman–Crippen MR) is 62.3 cm³/mol. The van der Waals surface area contributed by atoms with Crippen LogP contribution in [-0.4, -0.2) is 27.6 Å². The molecule has 15 heavy (non-hydrogen) atoms. The van der Waals surface area contributed by atoms with Crippen LogP contribution in [0.1, 0.15) is 29.0 Å². The quantitative estimate of drug-likeness (QED) is 0.736. The van der Waals surface area contributed by atoms with E-state index in [1.165, 1.54) is 24.3 Å². The molecule has 0 aromatic carbocycles. The Morgan fingerprint density at radius 2 is 2.33 bits per heavy atom. The normalized spacial score (nSPS) is 17.9. The molecule has 82 valence electrons. The van der Waals surface area contributed by atoms with Crippen LogP contribution in [0.4, 0.5) is 0 Å². The first-order chi connectivity index (χ1) is 7.29. The highest BCUT2D eigenvalue weighted by Gasteiger charge is 2.16. The van der Waals surface area contributed by atoms with Crippen molar-refractivity contribution in [3.05, 3.63) is 17.5 Å². The molecule has 1 saturated heterocycles. The molecule has 3 nitrogen and oxygen atoms in total. The summed E-state index contributed by atoms with van der Waals surface area (Å²) < 4.78 is 1.67. The van der Waals surface area contributed by atoms with Gasteiger partial charge in [-0.3, -0.25) is 9.48 Å². The molecule has 0 N–H and O–H groups in total. The van der Waals surface area contributed by atoms with Crippen molar-refractivity contribution in [1.29, 1.82) is 0 Å². The highest BCUT2D eigenvalue weighted by Crippen LogP contribution is 2.25. The minimum atomic E-state index is 0.676. The maximum atomic E-state index is 10.7. The zero-order valence-corrected chi connectivity index (χ0v) is 9.80. The highest BCUT2D eigenvalue weighted by atomic mass is 32.2. The molecule has 1 aliphatic heterocycles. The van der Waals surface area contributed by atoms with Gasteiger partial charge in [-0.15, -0.1) is 0 Å². The third kappa shape index (κ3) is 2.62. The first-order valence-corrected chi connectivity index (χ1v) is 6.51. The number of rotatable bonds is 3. The lowest BCUT2D eigenvalue weighted by Gasteiger charge is -2.19. The Hall–Kier alpha value is -0.770. The molecule has 0 spiro atoms. The SMILES string of the molecule is Cn1nc(CC2CCSCC2)cc1C=O. The summed E-state index contributed by atoms with van der Waals surface area (Å²) in [5.41, 5.74) is 1.74. The van der Waals surface area contributed by atoms with E-state index in [-0.39, 0.29) is 0 Å². The molecule has 0 aliphatic carbocycles. The molecule has 0 bridgehead atoms. The van der Waals surface area contributed by atoms with E-state index in [9.17, 15) is 4.79 Å². The lowest BCUT2D eigenvalue weighted by molar-refractivity contribution is 0.111. The Labute approximate surface area is 94.2 Å². The van der Waals surface area contributed by atoms with E-state index in [4.69, 9.17) is 0 Å². The second-order valence-electron chi connectivity index (χ2n) is 4.06. The van der Waals surface area contributed by atoms with E-state index in [1.54, 1.807) is 4.68 Å². The predicted octanol–water partition coefficient (Wildman–Crippen LogP) is 1.92. The van der Waals surface area contributed by atoms with Gasteiger partial charge >= 0.3 is 0 Å². The highest BCUT2D eigenvalue weighted by molar-refractivity contribution is 7.99. The molecule has 0 radical (unpaired) electrons. The summed E-state index contributed by atoms with van der Waals surface area (Å²) in [7, 11) is 1.82. The van der Waals surface area contributed by atoms with Crippen molar-refractivity contribution in [2.45, 2.75) is 19.3 Å². The van der Waals surface area contributed by atoms with Gasteiger partial charge in [-0.05, 0) is 42.8 Å². The van der Waals surface area contributed by atoms with E-state index >= 15 is 0 Å². The summed E-state index contributed by atoms with van der Waals surface area (Å²) in [5, 5.41) is 4.35. The Morgan fingerprint density at radius 1 is 1.60 bits per heavy atom. The molecule has 4 heteroatoms. The number of aryl methyl sites for hydroxylation is 1. The number of carbonyl (C=O) groups is 1. The minimum Gasteiger partial charge on any atom is -0.296 e. The van der Waals surface area contributed by atoms with Crippen LogP contribution in [0.25, 0.3) is 0 Å². The molecule has 0 amide bonds. The number of hydrogen-bond acceptors (Lipinski definition) is 3. The summed E-state index contributed by atoms with van der Waals surface area (Å²) in [6.45, 7) is 0. The molecule has 2 rings (SSSR count). The van der Waals surface area contributed by atoms with Gasteiger partial charge in [0.1, 0.15) is 5.69 Å². The molecule has 1 fully saturated rings. The van der Waals surface area contributed by atoms with Crippen LogP contribution in [0.3, 0.4) is 0 Å². The molecule has 1 aromatic heterocycles. The Morgan fingerprint density at radius 3 is 2.93 bits per heavy atom. The smallest absolute Gasteiger partial charge is 0.168 e. The summed E-state index contributed by atoms with van der Waals surface area (Å²) in [5.74, 6) is 3.32. The Balaban J connectivity index is 2.00. The second kappa shape index (κ2) is 4.84. The maximum absolute atomic E-state index is 10.7. The van der Waals surface area contributed by atoms with Crippen molar-refractivity contribution < 1.29 is 4.79 Å². The number of aldehydes is 1. The van der Waals surface area contributed by atoms with E-state index in [1.807, 2.05) is 24.9 Å². The average Bonchev–Trinajstić information content (AvgIpc) is 2.60. The third-order valence-corrected chi connectivity index (χ3v) is 3.97. The van der Waals surface area contributed by atoms with Gasteiger partial charge in [0.25, 0.3) is 0 Å². The van der Waals surface area contributed by atoms with Gasteiger partial charge in [-0.2, -0.15) is 16.9 Å². The van der Waals surface area contributed by atoms with Gasteiger partial charge in [0.05, 0.1) is 5.69 Å². The minimum absolute atomic E-state index is 0.676. The van der Waals surface area contributed by atoms with Crippen LogP contribution in [0.15, 0.2) is 6.07 Å². The number of nitrogens with zero attached hydrogens (tertiary/aromatic N) is 2. The van der Waals surface area contributed by atoms with Crippen molar-refractivity contribution in [2.24, 2.45) is 13.0 Å². The van der Waals surface area contributed by atoms with Crippen molar-refractivity contribution >= 4 is 18.0 Å². The fourth-order valence-corrected chi connectivity index (χ4v) is 3.20. The van der Waals surface area contributed by atoms with Crippen LogP contribution in [-0.2, 0) is 13.5 Å². The van der Waals surface area contributed by atoms with Crippen LogP contribution < -0.4 is 0 Å². The molecular weight excluding hydrogens is 208 g/mol. The van der Waals surface area contributed by atoms with E-state index in [2.05, 4.69) is 5.10 Å². The van der Waals surface area contributed by atoms with Crippen molar-refractivity contribution in [2.75, 3.05) is 11.5 Å². The molecule has 1 aromatic rings. The summed E-state index contributed by atoms with van der Waals surface area (Å²) in [6, 6.07) is 1.91. The van der Waals surface area contributed by atoms with Gasteiger partial charge in [0, 0.05) is 7.05 Å². The van der Waals surface area contributed by atoms with E-state index in [0.29, 0.717) is 5.69 Å². The van der Waals surface area contributed by atoms with Crippen LogP contribution in [0.2, 0.25) is 0 Å². The number of aromatic nitrogens is 2. The zero-order chi connectivity index (χ0) is 10.7. The molecular formula is C11H16N2OS. The Kier molecular flexibility index (Phi) is 3.46. The van der Waals surface area contributed by atoms with E-state index < -0.39 is 0 Å².